The first kappa shape index (κ1) is 19.7. The van der Waals surface area contributed by atoms with Gasteiger partial charge in [0.2, 0.25) is 5.82 Å². The number of carbonyl (C=O) groups is 1. The number of benzene rings is 1. The summed E-state index contributed by atoms with van der Waals surface area (Å²) in [5.41, 5.74) is -0.556. The number of methoxy groups -OCH3 is 1. The first-order valence-electron chi connectivity index (χ1n) is 8.60. The first-order chi connectivity index (χ1) is 13.3. The number of aromatic nitrogens is 2. The minimum absolute atomic E-state index is 0.275. The van der Waals surface area contributed by atoms with Crippen LogP contribution < -0.4 is 14.5 Å². The van der Waals surface area contributed by atoms with E-state index in [0.717, 1.165) is 12.9 Å². The Morgan fingerprint density at radius 2 is 1.75 bits per heavy atom. The van der Waals surface area contributed by atoms with Gasteiger partial charge < -0.3 is 19.4 Å². The zero-order valence-corrected chi connectivity index (χ0v) is 15.7. The molecule has 7 nitrogen and oxygen atoms in total. The van der Waals surface area contributed by atoms with Crippen LogP contribution in [0.25, 0.3) is 0 Å². The van der Waals surface area contributed by atoms with Crippen molar-refractivity contribution in [2.75, 3.05) is 57.2 Å². The highest BCUT2D eigenvalue weighted by molar-refractivity contribution is 5.95. The van der Waals surface area contributed by atoms with Crippen LogP contribution in [-0.4, -0.2) is 68.4 Å². The number of nitrogens with zero attached hydrogens (tertiary/aromatic N) is 5. The number of carbonyl (C=O) groups excluding carboxylic acids is 1. The number of piperazine rings is 1. The van der Waals surface area contributed by atoms with E-state index in [4.69, 9.17) is 0 Å². The van der Waals surface area contributed by atoms with Gasteiger partial charge in [0.05, 0.1) is 12.7 Å². The van der Waals surface area contributed by atoms with Gasteiger partial charge in [0.25, 0.3) is 5.91 Å². The van der Waals surface area contributed by atoms with Crippen molar-refractivity contribution in [3.05, 3.63) is 41.2 Å². The summed E-state index contributed by atoms with van der Waals surface area (Å²) in [6, 6.07) is 4.23. The molecule has 1 fully saturated rings. The van der Waals surface area contributed by atoms with Gasteiger partial charge in [0, 0.05) is 40.3 Å². The predicted molar refractivity (Wildman–Crippen MR) is 97.3 cm³/mol. The van der Waals surface area contributed by atoms with E-state index in [1.165, 1.54) is 4.90 Å². The third-order valence-corrected chi connectivity index (χ3v) is 4.54. The lowest BCUT2D eigenvalue weighted by atomic mass is 10.1. The molecule has 2 aromatic rings. The summed E-state index contributed by atoms with van der Waals surface area (Å²) in [6.45, 7) is 1.45. The van der Waals surface area contributed by atoms with Crippen LogP contribution in [0, 0.1) is 17.5 Å². The Bertz CT molecular complexity index is 869. The standard InChI is InChI=1S/C18H20F3N5O2/c1-24(2)13-4-5-14(23-22-13)25-6-8-26(9-7-25)18(27)11-10-12(19)16(21)17(28-3)15(11)20/h4-5,10H,6-9H2,1-3H3. The third-order valence-electron chi connectivity index (χ3n) is 4.54. The number of hydrogen-bond acceptors (Lipinski definition) is 6. The molecular weight excluding hydrogens is 375 g/mol. The maximum absolute atomic E-state index is 14.4. The fourth-order valence-corrected chi connectivity index (χ4v) is 2.95. The number of amides is 1. The zero-order valence-electron chi connectivity index (χ0n) is 15.7. The van der Waals surface area contributed by atoms with Crippen LogP contribution in [0.15, 0.2) is 18.2 Å². The van der Waals surface area contributed by atoms with Crippen LogP contribution in [0.1, 0.15) is 10.4 Å². The van der Waals surface area contributed by atoms with Gasteiger partial charge in [-0.1, -0.05) is 0 Å². The van der Waals surface area contributed by atoms with Crippen molar-refractivity contribution in [3.63, 3.8) is 0 Å². The molecule has 0 unspecified atom stereocenters. The van der Waals surface area contributed by atoms with Gasteiger partial charge in [-0.2, -0.15) is 4.39 Å². The molecule has 0 aliphatic carbocycles. The van der Waals surface area contributed by atoms with Crippen LogP contribution in [0.4, 0.5) is 24.8 Å². The molecule has 1 saturated heterocycles. The highest BCUT2D eigenvalue weighted by Crippen LogP contribution is 2.28. The van der Waals surface area contributed by atoms with E-state index in [1.54, 1.807) is 0 Å². The normalized spacial score (nSPS) is 14.2. The fraction of sp³-hybridized carbons (Fsp3) is 0.389. The molecule has 1 aromatic carbocycles. The van der Waals surface area contributed by atoms with Crippen LogP contribution in [0.3, 0.4) is 0 Å². The van der Waals surface area contributed by atoms with Crippen LogP contribution in [0.2, 0.25) is 0 Å². The Balaban J connectivity index is 1.71. The second-order valence-corrected chi connectivity index (χ2v) is 6.49. The molecular formula is C18H20F3N5O2. The summed E-state index contributed by atoms with van der Waals surface area (Å²) >= 11 is 0. The van der Waals surface area contributed by atoms with Gasteiger partial charge in [0.1, 0.15) is 0 Å². The van der Waals surface area contributed by atoms with E-state index < -0.39 is 34.7 Å². The van der Waals surface area contributed by atoms with Gasteiger partial charge in [-0.25, -0.2) is 8.78 Å². The number of hydrogen-bond donors (Lipinski definition) is 0. The first-order valence-corrected chi connectivity index (χ1v) is 8.60. The SMILES string of the molecule is COc1c(F)c(F)cc(C(=O)N2CCN(c3ccc(N(C)C)nn3)CC2)c1F. The molecule has 1 aromatic heterocycles. The van der Waals surface area contributed by atoms with Crippen molar-refractivity contribution in [3.8, 4) is 5.75 Å². The van der Waals surface area contributed by atoms with Crippen LogP contribution in [0.5, 0.6) is 5.75 Å². The molecule has 3 rings (SSSR count). The van der Waals surface area contributed by atoms with E-state index >= 15 is 0 Å². The second-order valence-electron chi connectivity index (χ2n) is 6.49. The third kappa shape index (κ3) is 3.67. The van der Waals surface area contributed by atoms with Gasteiger partial charge in [-0.3, -0.25) is 4.79 Å². The Morgan fingerprint density at radius 1 is 1.07 bits per heavy atom. The number of halogens is 3. The molecule has 0 bridgehead atoms. The zero-order chi connectivity index (χ0) is 20.4. The minimum Gasteiger partial charge on any atom is -0.491 e. The summed E-state index contributed by atoms with van der Waals surface area (Å²) in [5, 5.41) is 8.29. The predicted octanol–water partition coefficient (Wildman–Crippen LogP) is 1.93. The highest BCUT2D eigenvalue weighted by Gasteiger charge is 2.29. The van der Waals surface area contributed by atoms with Crippen molar-refractivity contribution >= 4 is 17.5 Å². The van der Waals surface area contributed by atoms with Crippen molar-refractivity contribution in [1.82, 2.24) is 15.1 Å². The lowest BCUT2D eigenvalue weighted by Crippen LogP contribution is -2.49. The Morgan fingerprint density at radius 3 is 2.29 bits per heavy atom. The average Bonchev–Trinajstić information content (AvgIpc) is 2.71. The Kier molecular flexibility index (Phi) is 5.57. The van der Waals surface area contributed by atoms with E-state index in [9.17, 15) is 18.0 Å². The molecule has 1 amide bonds. The molecule has 0 radical (unpaired) electrons. The summed E-state index contributed by atoms with van der Waals surface area (Å²) in [4.78, 5) is 17.8. The Labute approximate surface area is 160 Å². The summed E-state index contributed by atoms with van der Waals surface area (Å²) in [6.07, 6.45) is 0. The van der Waals surface area contributed by atoms with Gasteiger partial charge >= 0.3 is 0 Å². The van der Waals surface area contributed by atoms with E-state index in [-0.39, 0.29) is 13.1 Å². The molecule has 0 saturated carbocycles. The molecule has 0 N–H and O–H groups in total. The van der Waals surface area contributed by atoms with Crippen LogP contribution in [-0.2, 0) is 0 Å². The van der Waals surface area contributed by atoms with Crippen molar-refractivity contribution < 1.29 is 22.7 Å². The van der Waals surface area contributed by atoms with Crippen LogP contribution >= 0.6 is 0 Å². The summed E-state index contributed by atoms with van der Waals surface area (Å²) in [5.74, 6) is -4.24. The van der Waals surface area contributed by atoms with E-state index in [0.29, 0.717) is 25.0 Å². The maximum Gasteiger partial charge on any atom is 0.257 e. The van der Waals surface area contributed by atoms with E-state index in [1.807, 2.05) is 36.0 Å². The number of ether oxygens (including phenoxy) is 1. The van der Waals surface area contributed by atoms with Crippen molar-refractivity contribution in [2.45, 2.75) is 0 Å². The largest absolute Gasteiger partial charge is 0.491 e. The second kappa shape index (κ2) is 7.91. The molecule has 1 aliphatic rings. The number of anilines is 2. The molecule has 0 spiro atoms. The monoisotopic (exact) mass is 395 g/mol. The smallest absolute Gasteiger partial charge is 0.257 e. The Hall–Kier alpha value is -3.04. The number of rotatable bonds is 4. The molecule has 150 valence electrons. The summed E-state index contributed by atoms with van der Waals surface area (Å²) in [7, 11) is 4.73. The van der Waals surface area contributed by atoms with Gasteiger partial charge in [-0.15, -0.1) is 10.2 Å². The molecule has 1 aliphatic heterocycles. The molecule has 2 heterocycles. The molecule has 28 heavy (non-hydrogen) atoms. The maximum atomic E-state index is 14.4. The highest BCUT2D eigenvalue weighted by atomic mass is 19.2. The minimum atomic E-state index is -1.46. The topological polar surface area (TPSA) is 61.8 Å². The lowest BCUT2D eigenvalue weighted by molar-refractivity contribution is 0.0740. The quantitative estimate of drug-likeness (QED) is 0.738. The van der Waals surface area contributed by atoms with Crippen molar-refractivity contribution in [1.29, 1.82) is 0 Å². The molecule has 10 heteroatoms. The average molecular weight is 395 g/mol. The van der Waals surface area contributed by atoms with Gasteiger partial charge in [0.15, 0.2) is 29.0 Å². The van der Waals surface area contributed by atoms with Gasteiger partial charge in [-0.05, 0) is 18.2 Å². The lowest BCUT2D eigenvalue weighted by Gasteiger charge is -2.35. The van der Waals surface area contributed by atoms with Crippen molar-refractivity contribution in [2.24, 2.45) is 0 Å². The summed E-state index contributed by atoms with van der Waals surface area (Å²) < 4.78 is 46.2. The fourth-order valence-electron chi connectivity index (χ4n) is 2.95. The van der Waals surface area contributed by atoms with E-state index in [2.05, 4.69) is 14.9 Å². The molecule has 0 atom stereocenters.